The van der Waals surface area contributed by atoms with E-state index in [-0.39, 0.29) is 5.56 Å². The Hall–Kier alpha value is -2.48. The smallest absolute Gasteiger partial charge is 0.252 e. The van der Waals surface area contributed by atoms with Crippen molar-refractivity contribution in [3.63, 3.8) is 0 Å². The van der Waals surface area contributed by atoms with Gasteiger partial charge in [0.2, 0.25) is 11.9 Å². The Morgan fingerprint density at radius 1 is 0.963 bits per heavy atom. The van der Waals surface area contributed by atoms with Crippen molar-refractivity contribution in [2.75, 3.05) is 56.1 Å². The van der Waals surface area contributed by atoms with Crippen LogP contribution >= 0.6 is 0 Å². The predicted octanol–water partition coefficient (Wildman–Crippen LogP) is 1.28. The lowest BCUT2D eigenvalue weighted by Crippen LogP contribution is -2.45. The zero-order valence-electron chi connectivity index (χ0n) is 16.1. The van der Waals surface area contributed by atoms with Gasteiger partial charge >= 0.3 is 0 Å². The summed E-state index contributed by atoms with van der Waals surface area (Å²) in [6.45, 7) is 7.60. The van der Waals surface area contributed by atoms with Crippen molar-refractivity contribution >= 4 is 11.9 Å². The lowest BCUT2D eigenvalue weighted by atomic mass is 10.1. The molecule has 2 aromatic rings. The van der Waals surface area contributed by atoms with Crippen LogP contribution in [0.2, 0.25) is 0 Å². The number of nitrogens with zero attached hydrogens (tertiary/aromatic N) is 6. The second-order valence-corrected chi connectivity index (χ2v) is 7.46. The molecule has 0 spiro atoms. The molecular formula is C19H27N7O. The minimum Gasteiger partial charge on any atom is -0.341 e. The molecule has 2 aliphatic heterocycles. The van der Waals surface area contributed by atoms with Crippen molar-refractivity contribution in [1.29, 1.82) is 0 Å². The zero-order valence-corrected chi connectivity index (χ0v) is 16.1. The number of hydrogen-bond acceptors (Lipinski definition) is 7. The molecule has 0 unspecified atom stereocenters. The molecule has 8 heteroatoms. The minimum absolute atomic E-state index is 0.145. The van der Waals surface area contributed by atoms with Gasteiger partial charge in [-0.25, -0.2) is 15.0 Å². The van der Waals surface area contributed by atoms with E-state index >= 15 is 0 Å². The number of aromatic amines is 1. The number of piperazine rings is 1. The fourth-order valence-corrected chi connectivity index (χ4v) is 3.70. The summed E-state index contributed by atoms with van der Waals surface area (Å²) in [6, 6.07) is 1.53. The van der Waals surface area contributed by atoms with E-state index in [1.807, 2.05) is 13.1 Å². The lowest BCUT2D eigenvalue weighted by Gasteiger charge is -2.32. The molecule has 0 saturated carbocycles. The third-order valence-corrected chi connectivity index (χ3v) is 5.41. The van der Waals surface area contributed by atoms with Gasteiger partial charge < -0.3 is 14.7 Å². The Bertz CT molecular complexity index is 851. The first-order valence-electron chi connectivity index (χ1n) is 9.74. The normalized spacial score (nSPS) is 18.7. The Labute approximate surface area is 159 Å². The van der Waals surface area contributed by atoms with Crippen LogP contribution in [0.15, 0.2) is 17.1 Å². The lowest BCUT2D eigenvalue weighted by molar-refractivity contribution is 0.311. The van der Waals surface area contributed by atoms with E-state index in [0.717, 1.165) is 56.5 Å². The van der Waals surface area contributed by atoms with Crippen molar-refractivity contribution in [2.45, 2.75) is 26.2 Å². The second kappa shape index (κ2) is 7.64. The second-order valence-electron chi connectivity index (χ2n) is 7.46. The SMILES string of the molecule is Cc1nc(N2CCCCC2)ncc1-c1cc(=O)[nH]c(N2CCN(C)CC2)n1. The fourth-order valence-electron chi connectivity index (χ4n) is 3.70. The highest BCUT2D eigenvalue weighted by atomic mass is 16.1. The van der Waals surface area contributed by atoms with Crippen molar-refractivity contribution in [3.05, 3.63) is 28.3 Å². The highest BCUT2D eigenvalue weighted by molar-refractivity contribution is 5.62. The van der Waals surface area contributed by atoms with Gasteiger partial charge in [0, 0.05) is 57.1 Å². The van der Waals surface area contributed by atoms with Crippen LogP contribution in [0.1, 0.15) is 25.0 Å². The molecule has 144 valence electrons. The summed E-state index contributed by atoms with van der Waals surface area (Å²) >= 11 is 0. The van der Waals surface area contributed by atoms with Crippen molar-refractivity contribution < 1.29 is 0 Å². The van der Waals surface area contributed by atoms with Crippen LogP contribution in [0.5, 0.6) is 0 Å². The molecule has 0 aromatic carbocycles. The van der Waals surface area contributed by atoms with E-state index in [0.29, 0.717) is 11.6 Å². The van der Waals surface area contributed by atoms with Crippen molar-refractivity contribution in [2.24, 2.45) is 0 Å². The summed E-state index contributed by atoms with van der Waals surface area (Å²) in [4.78, 5) is 35.7. The van der Waals surface area contributed by atoms with Crippen LogP contribution in [-0.2, 0) is 0 Å². The molecule has 0 bridgehead atoms. The molecule has 8 nitrogen and oxygen atoms in total. The van der Waals surface area contributed by atoms with Gasteiger partial charge in [-0.2, -0.15) is 0 Å². The molecule has 27 heavy (non-hydrogen) atoms. The standard InChI is InChI=1S/C19H27N7O/c1-14-15(13-20-18(21-14)25-6-4-3-5-7-25)16-12-17(27)23-19(22-16)26-10-8-24(2)9-11-26/h12-13H,3-11H2,1-2H3,(H,22,23,27). The Morgan fingerprint density at radius 3 is 2.41 bits per heavy atom. The van der Waals surface area contributed by atoms with Crippen molar-refractivity contribution in [3.8, 4) is 11.3 Å². The fraction of sp³-hybridized carbons (Fsp3) is 0.579. The van der Waals surface area contributed by atoms with Gasteiger partial charge in [-0.15, -0.1) is 0 Å². The number of piperidine rings is 1. The molecule has 0 aliphatic carbocycles. The van der Waals surface area contributed by atoms with Crippen LogP contribution in [0.3, 0.4) is 0 Å². The summed E-state index contributed by atoms with van der Waals surface area (Å²) in [6.07, 6.45) is 5.46. The maximum atomic E-state index is 12.2. The zero-order chi connectivity index (χ0) is 18.8. The quantitative estimate of drug-likeness (QED) is 0.873. The van der Waals surface area contributed by atoms with Crippen LogP contribution in [0, 0.1) is 6.92 Å². The number of aromatic nitrogens is 4. The maximum absolute atomic E-state index is 12.2. The molecule has 0 atom stereocenters. The third kappa shape index (κ3) is 3.95. The van der Waals surface area contributed by atoms with E-state index in [4.69, 9.17) is 9.97 Å². The highest BCUT2D eigenvalue weighted by Crippen LogP contribution is 2.23. The van der Waals surface area contributed by atoms with Gasteiger partial charge in [0.15, 0.2) is 0 Å². The van der Waals surface area contributed by atoms with E-state index in [1.54, 1.807) is 0 Å². The number of nitrogens with one attached hydrogen (secondary N) is 1. The molecular weight excluding hydrogens is 342 g/mol. The molecule has 2 saturated heterocycles. The van der Waals surface area contributed by atoms with E-state index in [9.17, 15) is 4.79 Å². The van der Waals surface area contributed by atoms with Gasteiger partial charge in [0.05, 0.1) is 11.4 Å². The predicted molar refractivity (Wildman–Crippen MR) is 106 cm³/mol. The third-order valence-electron chi connectivity index (χ3n) is 5.41. The molecule has 0 radical (unpaired) electrons. The highest BCUT2D eigenvalue weighted by Gasteiger charge is 2.19. The summed E-state index contributed by atoms with van der Waals surface area (Å²) < 4.78 is 0. The molecule has 4 rings (SSSR count). The average molecular weight is 369 g/mol. The number of hydrogen-bond donors (Lipinski definition) is 1. The van der Waals surface area contributed by atoms with Gasteiger partial charge in [-0.1, -0.05) is 0 Å². The van der Waals surface area contributed by atoms with Crippen LogP contribution in [-0.4, -0.2) is 71.2 Å². The van der Waals surface area contributed by atoms with Gasteiger partial charge in [0.1, 0.15) is 0 Å². The Morgan fingerprint density at radius 2 is 1.70 bits per heavy atom. The molecule has 2 aliphatic rings. The first-order valence-corrected chi connectivity index (χ1v) is 9.74. The summed E-state index contributed by atoms with van der Waals surface area (Å²) in [5.74, 6) is 1.41. The first-order chi connectivity index (χ1) is 13.1. The number of aryl methyl sites for hydroxylation is 1. The van der Waals surface area contributed by atoms with Gasteiger partial charge in [-0.05, 0) is 33.2 Å². The molecule has 4 heterocycles. The average Bonchev–Trinajstić information content (AvgIpc) is 2.68. The van der Waals surface area contributed by atoms with Crippen LogP contribution in [0.4, 0.5) is 11.9 Å². The topological polar surface area (TPSA) is 81.2 Å². The van der Waals surface area contributed by atoms with Gasteiger partial charge in [-0.3, -0.25) is 9.78 Å². The Kier molecular flexibility index (Phi) is 5.07. The van der Waals surface area contributed by atoms with E-state index in [1.165, 1.54) is 25.3 Å². The summed E-state index contributed by atoms with van der Waals surface area (Å²) in [5.41, 5.74) is 2.16. The Balaban J connectivity index is 1.62. The van der Waals surface area contributed by atoms with E-state index in [2.05, 4.69) is 31.7 Å². The minimum atomic E-state index is -0.145. The number of likely N-dealkylation sites (N-methyl/N-ethyl adjacent to an activating group) is 1. The van der Waals surface area contributed by atoms with Crippen LogP contribution in [0.25, 0.3) is 11.3 Å². The number of anilines is 2. The molecule has 1 N–H and O–H groups in total. The summed E-state index contributed by atoms with van der Waals surface area (Å²) in [5, 5.41) is 0. The van der Waals surface area contributed by atoms with Crippen LogP contribution < -0.4 is 15.4 Å². The van der Waals surface area contributed by atoms with Gasteiger partial charge in [0.25, 0.3) is 5.56 Å². The number of rotatable bonds is 3. The monoisotopic (exact) mass is 369 g/mol. The molecule has 0 amide bonds. The van der Waals surface area contributed by atoms with E-state index < -0.39 is 0 Å². The van der Waals surface area contributed by atoms with Crippen molar-refractivity contribution in [1.82, 2.24) is 24.8 Å². The molecule has 2 fully saturated rings. The molecule has 2 aromatic heterocycles. The number of H-pyrrole nitrogens is 1. The largest absolute Gasteiger partial charge is 0.341 e. The summed E-state index contributed by atoms with van der Waals surface area (Å²) in [7, 11) is 2.11. The maximum Gasteiger partial charge on any atom is 0.252 e. The first kappa shape index (κ1) is 17.9.